The number of benzene rings is 1. The zero-order valence-corrected chi connectivity index (χ0v) is 12.4. The fourth-order valence-electron chi connectivity index (χ4n) is 2.07. The van der Waals surface area contributed by atoms with Crippen molar-refractivity contribution >= 4 is 28.9 Å². The van der Waals surface area contributed by atoms with Crippen molar-refractivity contribution in [2.75, 3.05) is 17.3 Å². The molecular formula is C14H19ClN2O2. The maximum atomic E-state index is 11.5. The molecule has 19 heavy (non-hydrogen) atoms. The first-order chi connectivity index (χ1) is 8.77. The molecule has 1 unspecified atom stereocenters. The number of nitrogens with zero attached hydrogens (tertiary/aromatic N) is 1. The Hall–Kier alpha value is -1.26. The Bertz CT molecular complexity index is 528. The summed E-state index contributed by atoms with van der Waals surface area (Å²) in [4.78, 5) is 13.5. The van der Waals surface area contributed by atoms with Gasteiger partial charge >= 0.3 is 0 Å². The van der Waals surface area contributed by atoms with Crippen molar-refractivity contribution in [3.63, 3.8) is 0 Å². The van der Waals surface area contributed by atoms with Gasteiger partial charge in [0, 0.05) is 23.8 Å². The molecule has 4 nitrogen and oxygen atoms in total. The van der Waals surface area contributed by atoms with Gasteiger partial charge in [0.25, 0.3) is 5.91 Å². The first-order valence-electron chi connectivity index (χ1n) is 6.34. The molecule has 0 fully saturated rings. The molecule has 0 saturated heterocycles. The van der Waals surface area contributed by atoms with E-state index in [-0.39, 0.29) is 5.54 Å². The minimum atomic E-state index is -1.12. The second kappa shape index (κ2) is 4.69. The van der Waals surface area contributed by atoms with Gasteiger partial charge < -0.3 is 15.3 Å². The Morgan fingerprint density at radius 1 is 1.47 bits per heavy atom. The fourth-order valence-corrected chi connectivity index (χ4v) is 2.37. The van der Waals surface area contributed by atoms with E-state index < -0.39 is 12.0 Å². The minimum absolute atomic E-state index is 0.0426. The average molecular weight is 283 g/mol. The van der Waals surface area contributed by atoms with Crippen molar-refractivity contribution in [1.82, 2.24) is 0 Å². The molecule has 2 rings (SSSR count). The Labute approximate surface area is 118 Å². The smallest absolute Gasteiger partial charge is 0.257 e. The van der Waals surface area contributed by atoms with E-state index in [1.807, 2.05) is 13.1 Å². The average Bonchev–Trinajstić information content (AvgIpc) is 2.64. The number of amides is 1. The lowest BCUT2D eigenvalue weighted by atomic mass is 9.98. The van der Waals surface area contributed by atoms with Crippen LogP contribution in [-0.4, -0.2) is 23.6 Å². The van der Waals surface area contributed by atoms with Gasteiger partial charge in [0.15, 0.2) is 6.10 Å². The van der Waals surface area contributed by atoms with Crippen LogP contribution in [0.25, 0.3) is 0 Å². The largest absolute Gasteiger partial charge is 0.378 e. The number of hydrogen-bond acceptors (Lipinski definition) is 3. The molecule has 0 aliphatic carbocycles. The highest BCUT2D eigenvalue weighted by Gasteiger charge is 2.31. The van der Waals surface area contributed by atoms with Crippen LogP contribution >= 0.6 is 11.6 Å². The van der Waals surface area contributed by atoms with Crippen LogP contribution in [0, 0.1) is 0 Å². The number of halogens is 1. The molecule has 1 amide bonds. The summed E-state index contributed by atoms with van der Waals surface area (Å²) < 4.78 is 0. The van der Waals surface area contributed by atoms with Crippen LogP contribution < -0.4 is 10.2 Å². The number of fused-ring (bicyclic) bond motifs is 1. The third kappa shape index (κ3) is 2.30. The van der Waals surface area contributed by atoms with Gasteiger partial charge in [-0.2, -0.15) is 0 Å². The molecule has 0 aromatic heterocycles. The molecule has 1 aliphatic heterocycles. The first-order valence-corrected chi connectivity index (χ1v) is 6.72. The van der Waals surface area contributed by atoms with Crippen molar-refractivity contribution in [3.8, 4) is 0 Å². The van der Waals surface area contributed by atoms with E-state index in [1.54, 1.807) is 6.07 Å². The maximum Gasteiger partial charge on any atom is 0.257 e. The second-order valence-corrected chi connectivity index (χ2v) is 5.91. The Kier molecular flexibility index (Phi) is 3.49. The molecule has 0 bridgehead atoms. The summed E-state index contributed by atoms with van der Waals surface area (Å²) >= 11 is 6.29. The van der Waals surface area contributed by atoms with Gasteiger partial charge in [-0.15, -0.1) is 0 Å². The predicted molar refractivity (Wildman–Crippen MR) is 77.8 cm³/mol. The molecule has 5 heteroatoms. The van der Waals surface area contributed by atoms with E-state index in [0.29, 0.717) is 16.3 Å². The molecule has 1 atom stereocenters. The molecule has 104 valence electrons. The molecular weight excluding hydrogens is 264 g/mol. The molecule has 0 radical (unpaired) electrons. The van der Waals surface area contributed by atoms with Gasteiger partial charge in [-0.1, -0.05) is 18.5 Å². The third-order valence-electron chi connectivity index (χ3n) is 4.05. The molecule has 0 saturated carbocycles. The summed E-state index contributed by atoms with van der Waals surface area (Å²) in [6, 6.07) is 3.49. The van der Waals surface area contributed by atoms with Gasteiger partial charge in [0.1, 0.15) is 0 Å². The van der Waals surface area contributed by atoms with Crippen LogP contribution in [-0.2, 0) is 4.79 Å². The Morgan fingerprint density at radius 3 is 2.68 bits per heavy atom. The lowest BCUT2D eigenvalue weighted by molar-refractivity contribution is -0.123. The Balaban J connectivity index is 2.46. The molecule has 2 N–H and O–H groups in total. The molecule has 1 aromatic rings. The van der Waals surface area contributed by atoms with Crippen LogP contribution in [0.1, 0.15) is 38.9 Å². The highest BCUT2D eigenvalue weighted by atomic mass is 35.5. The molecule has 1 heterocycles. The maximum absolute atomic E-state index is 11.5. The summed E-state index contributed by atoms with van der Waals surface area (Å²) in [5.41, 5.74) is 1.98. The van der Waals surface area contributed by atoms with E-state index in [2.05, 4.69) is 31.0 Å². The van der Waals surface area contributed by atoms with E-state index in [4.69, 9.17) is 11.6 Å². The molecule has 1 aromatic carbocycles. The number of anilines is 2. The number of nitrogens with one attached hydrogen (secondary N) is 1. The number of hydrogen-bond donors (Lipinski definition) is 2. The number of rotatable bonds is 3. The van der Waals surface area contributed by atoms with Gasteiger partial charge in [-0.3, -0.25) is 4.79 Å². The lowest BCUT2D eigenvalue weighted by Gasteiger charge is -2.37. The summed E-state index contributed by atoms with van der Waals surface area (Å²) in [6.07, 6.45) is -0.155. The molecule has 0 spiro atoms. The highest BCUT2D eigenvalue weighted by molar-refractivity contribution is 6.33. The van der Waals surface area contributed by atoms with Gasteiger partial charge in [0.2, 0.25) is 0 Å². The van der Waals surface area contributed by atoms with Crippen molar-refractivity contribution in [3.05, 3.63) is 22.7 Å². The van der Waals surface area contributed by atoms with E-state index in [1.165, 1.54) is 0 Å². The van der Waals surface area contributed by atoms with Crippen LogP contribution in [0.4, 0.5) is 11.4 Å². The molecule has 1 aliphatic rings. The summed E-state index contributed by atoms with van der Waals surface area (Å²) in [5, 5.41) is 12.9. The lowest BCUT2D eigenvalue weighted by Crippen LogP contribution is -2.40. The Morgan fingerprint density at radius 2 is 2.11 bits per heavy atom. The monoisotopic (exact) mass is 282 g/mol. The van der Waals surface area contributed by atoms with Crippen molar-refractivity contribution in [1.29, 1.82) is 0 Å². The van der Waals surface area contributed by atoms with Gasteiger partial charge in [-0.25, -0.2) is 0 Å². The van der Waals surface area contributed by atoms with Crippen molar-refractivity contribution in [2.24, 2.45) is 0 Å². The quantitative estimate of drug-likeness (QED) is 0.896. The van der Waals surface area contributed by atoms with Gasteiger partial charge in [-0.05, 0) is 32.4 Å². The summed E-state index contributed by atoms with van der Waals surface area (Å²) in [6.45, 7) is 6.37. The van der Waals surface area contributed by atoms with Crippen molar-refractivity contribution < 1.29 is 9.90 Å². The van der Waals surface area contributed by atoms with Gasteiger partial charge in [0.05, 0.1) is 10.7 Å². The van der Waals surface area contributed by atoms with E-state index in [0.717, 1.165) is 12.1 Å². The summed E-state index contributed by atoms with van der Waals surface area (Å²) in [5.74, 6) is -0.402. The van der Waals surface area contributed by atoms with E-state index in [9.17, 15) is 9.90 Å². The van der Waals surface area contributed by atoms with Crippen LogP contribution in [0.15, 0.2) is 12.1 Å². The minimum Gasteiger partial charge on any atom is -0.378 e. The zero-order valence-electron chi connectivity index (χ0n) is 11.6. The van der Waals surface area contributed by atoms with Crippen LogP contribution in [0.2, 0.25) is 5.02 Å². The number of carbonyl (C=O) groups excluding carboxylic acids is 1. The van der Waals surface area contributed by atoms with Crippen molar-refractivity contribution in [2.45, 2.75) is 38.8 Å². The number of aliphatic hydroxyl groups is 1. The van der Waals surface area contributed by atoms with E-state index >= 15 is 0 Å². The predicted octanol–water partition coefficient (Wildman–Crippen LogP) is 2.95. The first kappa shape index (κ1) is 14.2. The SMILES string of the molecule is CCC(C)(C)N(C)c1cc2c(cc1Cl)C(O)C(=O)N2. The normalized spacial score (nSPS) is 18.2. The fraction of sp³-hybridized carbons (Fsp3) is 0.500. The number of carbonyl (C=O) groups is 1. The zero-order chi connectivity index (χ0) is 14.4. The standard InChI is InChI=1S/C14H19ClN2O2/c1-5-14(2,3)17(4)11-7-10-8(6-9(11)15)12(18)13(19)16-10/h6-7,12,18H,5H2,1-4H3,(H,16,19). The second-order valence-electron chi connectivity index (χ2n) is 5.51. The topological polar surface area (TPSA) is 52.6 Å². The van der Waals surface area contributed by atoms with Crippen LogP contribution in [0.3, 0.4) is 0 Å². The van der Waals surface area contributed by atoms with Crippen LogP contribution in [0.5, 0.6) is 0 Å². The summed E-state index contributed by atoms with van der Waals surface area (Å²) in [7, 11) is 1.98. The third-order valence-corrected chi connectivity index (χ3v) is 4.36. The highest BCUT2D eigenvalue weighted by Crippen LogP contribution is 2.40. The number of aliphatic hydroxyl groups excluding tert-OH is 1.